The van der Waals surface area contributed by atoms with E-state index in [-0.39, 0.29) is 18.2 Å². The lowest BCUT2D eigenvalue weighted by Crippen LogP contribution is -2.38. The summed E-state index contributed by atoms with van der Waals surface area (Å²) in [6.45, 7) is 0.234. The van der Waals surface area contributed by atoms with Crippen molar-refractivity contribution in [3.05, 3.63) is 152 Å². The number of nitriles is 1. The van der Waals surface area contributed by atoms with Gasteiger partial charge in [-0.1, -0.05) is 81.9 Å². The number of fused-ring (bicyclic) bond motifs is 3. The summed E-state index contributed by atoms with van der Waals surface area (Å²) in [5, 5.41) is 9.45. The summed E-state index contributed by atoms with van der Waals surface area (Å²) in [5.41, 5.74) is 7.76. The van der Waals surface area contributed by atoms with Gasteiger partial charge in [-0.2, -0.15) is 5.26 Å². The van der Waals surface area contributed by atoms with Gasteiger partial charge in [0.2, 0.25) is 0 Å². The van der Waals surface area contributed by atoms with Crippen LogP contribution < -0.4 is 24.4 Å². The minimum Gasteiger partial charge on any atom is -0.493 e. The maximum absolute atomic E-state index is 14.2. The van der Waals surface area contributed by atoms with Gasteiger partial charge in [0.1, 0.15) is 6.61 Å². The molecule has 0 saturated carbocycles. The Kier molecular flexibility index (Phi) is 8.21. The van der Waals surface area contributed by atoms with Gasteiger partial charge < -0.3 is 9.47 Å². The monoisotopic (exact) mass is 785 g/mol. The van der Waals surface area contributed by atoms with Gasteiger partial charge in [0.25, 0.3) is 5.56 Å². The van der Waals surface area contributed by atoms with Crippen LogP contribution in [0, 0.1) is 14.9 Å². The molecule has 2 aliphatic rings. The maximum Gasteiger partial charge on any atom is 0.271 e. The predicted octanol–water partition coefficient (Wildman–Crippen LogP) is 7.15. The Hall–Kier alpha value is -3.98. The Balaban J connectivity index is 1.32. The van der Waals surface area contributed by atoms with Crippen molar-refractivity contribution >= 4 is 61.6 Å². The van der Waals surface area contributed by atoms with E-state index >= 15 is 0 Å². The maximum atomic E-state index is 14.2. The second kappa shape index (κ2) is 12.4. The average molecular weight is 786 g/mol. The number of ether oxygens (including phenoxy) is 2. The van der Waals surface area contributed by atoms with Crippen LogP contribution in [0.2, 0.25) is 0 Å². The van der Waals surface area contributed by atoms with Crippen molar-refractivity contribution in [3.63, 3.8) is 0 Å². The number of benzene rings is 4. The summed E-state index contributed by atoms with van der Waals surface area (Å²) in [7, 11) is 1.60. The van der Waals surface area contributed by atoms with E-state index < -0.39 is 0 Å². The molecule has 9 heteroatoms. The molecule has 4 aromatic carbocycles. The molecule has 1 aromatic heterocycles. The van der Waals surface area contributed by atoms with Crippen molar-refractivity contribution < 1.29 is 9.47 Å². The van der Waals surface area contributed by atoms with E-state index in [2.05, 4.69) is 81.0 Å². The summed E-state index contributed by atoms with van der Waals surface area (Å²) >= 11 is 7.19. The number of hydrogen-bond donors (Lipinski definition) is 0. The molecule has 6 nitrogen and oxygen atoms in total. The molecule has 1 atom stereocenters. The van der Waals surface area contributed by atoms with Crippen molar-refractivity contribution in [1.82, 2.24) is 4.57 Å². The van der Waals surface area contributed by atoms with Gasteiger partial charge in [-0.3, -0.25) is 9.36 Å². The highest BCUT2D eigenvalue weighted by Crippen LogP contribution is 2.41. The molecule has 1 aliphatic heterocycles. The Morgan fingerprint density at radius 2 is 1.87 bits per heavy atom. The first-order valence-electron chi connectivity index (χ1n) is 14.3. The van der Waals surface area contributed by atoms with Gasteiger partial charge >= 0.3 is 0 Å². The molecule has 0 radical (unpaired) electrons. The minimum absolute atomic E-state index is 0.0699. The standard InChI is InChI=1S/C36H25BrIN3O3S/c1-43-30-17-21(16-29(38)34(30)44-20-25-8-3-2-7-24(25)19-39)18-31-35(42)41-33(23-10-13-26(37)14-11-23)28-15-12-22-6-4-5-9-27(22)32(28)40-36(41)45-31/h2-11,13-14,16-18,33H,12,15,20H2,1H3/b31-18-/t33-/m0/s1. The molecule has 0 saturated heterocycles. The van der Waals surface area contributed by atoms with Crippen molar-refractivity contribution in [2.45, 2.75) is 25.5 Å². The van der Waals surface area contributed by atoms with Crippen LogP contribution in [0.3, 0.4) is 0 Å². The number of rotatable bonds is 6. The highest BCUT2D eigenvalue weighted by atomic mass is 127. The van der Waals surface area contributed by atoms with E-state index in [1.807, 2.05) is 53.1 Å². The summed E-state index contributed by atoms with van der Waals surface area (Å²) in [6.07, 6.45) is 3.66. The summed E-state index contributed by atoms with van der Waals surface area (Å²) in [6, 6.07) is 29.9. The molecule has 0 unspecified atom stereocenters. The first-order valence-corrected chi connectivity index (χ1v) is 17.0. The fourth-order valence-corrected chi connectivity index (χ4v) is 8.03. The minimum atomic E-state index is -0.235. The van der Waals surface area contributed by atoms with E-state index in [9.17, 15) is 10.1 Å². The number of thiazole rings is 1. The highest BCUT2D eigenvalue weighted by Gasteiger charge is 2.32. The first kappa shape index (κ1) is 29.7. The third-order valence-corrected chi connectivity index (χ3v) is 10.4. The van der Waals surface area contributed by atoms with Crippen molar-refractivity contribution in [3.8, 4) is 17.6 Å². The van der Waals surface area contributed by atoms with Gasteiger partial charge in [0.05, 0.1) is 38.6 Å². The van der Waals surface area contributed by atoms with Crippen LogP contribution in [-0.4, -0.2) is 11.7 Å². The fourth-order valence-electron chi connectivity index (χ4n) is 5.99. The first-order chi connectivity index (χ1) is 21.9. The van der Waals surface area contributed by atoms with Crippen LogP contribution in [0.4, 0.5) is 0 Å². The third-order valence-electron chi connectivity index (χ3n) is 8.12. The quantitative estimate of drug-likeness (QED) is 0.172. The zero-order chi connectivity index (χ0) is 31.1. The molecular formula is C36H25BrIN3O3S. The molecule has 0 amide bonds. The summed E-state index contributed by atoms with van der Waals surface area (Å²) in [5.74, 6) is 1.14. The summed E-state index contributed by atoms with van der Waals surface area (Å²) in [4.78, 5) is 20.0. The van der Waals surface area contributed by atoms with Crippen LogP contribution in [-0.2, 0) is 13.0 Å². The van der Waals surface area contributed by atoms with E-state index in [0.29, 0.717) is 26.4 Å². The topological polar surface area (TPSA) is 76.6 Å². The molecular weight excluding hydrogens is 761 g/mol. The number of nitrogens with zero attached hydrogens (tertiary/aromatic N) is 3. The molecule has 0 spiro atoms. The number of methoxy groups -OCH3 is 1. The van der Waals surface area contributed by atoms with Crippen LogP contribution in [0.5, 0.6) is 11.5 Å². The lowest BCUT2D eigenvalue weighted by atomic mass is 9.83. The second-order valence-electron chi connectivity index (χ2n) is 10.8. The molecule has 222 valence electrons. The van der Waals surface area contributed by atoms with Crippen LogP contribution in [0.25, 0.3) is 11.8 Å². The molecule has 45 heavy (non-hydrogen) atoms. The number of aromatic nitrogens is 1. The molecule has 0 N–H and O–H groups in total. The van der Waals surface area contributed by atoms with E-state index in [1.54, 1.807) is 13.2 Å². The number of allylic oxidation sites excluding steroid dienone is 1. The molecule has 5 aromatic rings. The zero-order valence-electron chi connectivity index (χ0n) is 24.1. The largest absolute Gasteiger partial charge is 0.493 e. The Morgan fingerprint density at radius 3 is 2.67 bits per heavy atom. The van der Waals surface area contributed by atoms with Gasteiger partial charge in [0, 0.05) is 15.6 Å². The molecule has 2 heterocycles. The van der Waals surface area contributed by atoms with Crippen molar-refractivity contribution in [2.75, 3.05) is 7.11 Å². The Morgan fingerprint density at radius 1 is 1.09 bits per heavy atom. The van der Waals surface area contributed by atoms with Gasteiger partial charge in [-0.05, 0) is 94.1 Å². The van der Waals surface area contributed by atoms with Crippen LogP contribution in [0.1, 0.15) is 45.8 Å². The van der Waals surface area contributed by atoms with Crippen molar-refractivity contribution in [2.24, 2.45) is 4.99 Å². The molecule has 0 fully saturated rings. The summed E-state index contributed by atoms with van der Waals surface area (Å²) < 4.78 is 16.2. The number of halogens is 2. The molecule has 1 aliphatic carbocycles. The SMILES string of the molecule is COc1cc(/C=c2\sc3n(c2=O)[C@@H](c2ccc(Br)cc2)C2=C(N=3)c3ccccc3CC2)cc(I)c1OCc1ccccc1C#N. The van der Waals surface area contributed by atoms with E-state index in [0.717, 1.165) is 48.8 Å². The molecule has 0 bridgehead atoms. The normalized spacial score (nSPS) is 15.4. The number of hydrogen-bond acceptors (Lipinski definition) is 6. The lowest BCUT2D eigenvalue weighted by molar-refractivity contribution is 0.282. The van der Waals surface area contributed by atoms with Crippen LogP contribution in [0.15, 0.2) is 105 Å². The molecule has 7 rings (SSSR count). The highest BCUT2D eigenvalue weighted by molar-refractivity contribution is 14.1. The Bertz CT molecular complexity index is 2230. The van der Waals surface area contributed by atoms with E-state index in [1.165, 1.54) is 22.5 Å². The third kappa shape index (κ3) is 5.56. The van der Waals surface area contributed by atoms with E-state index in [4.69, 9.17) is 14.5 Å². The van der Waals surface area contributed by atoms with Gasteiger partial charge in [-0.25, -0.2) is 4.99 Å². The van der Waals surface area contributed by atoms with Gasteiger partial charge in [0.15, 0.2) is 16.3 Å². The fraction of sp³-hybridized carbons (Fsp3) is 0.139. The van der Waals surface area contributed by atoms with Crippen LogP contribution >= 0.6 is 49.9 Å². The lowest BCUT2D eigenvalue weighted by Gasteiger charge is -2.30. The predicted molar refractivity (Wildman–Crippen MR) is 188 cm³/mol. The average Bonchev–Trinajstić information content (AvgIpc) is 3.37. The smallest absolute Gasteiger partial charge is 0.271 e. The Labute approximate surface area is 285 Å². The van der Waals surface area contributed by atoms with Gasteiger partial charge in [-0.15, -0.1) is 0 Å². The zero-order valence-corrected chi connectivity index (χ0v) is 28.6. The second-order valence-corrected chi connectivity index (χ2v) is 13.8. The van der Waals surface area contributed by atoms with Crippen molar-refractivity contribution in [1.29, 1.82) is 5.26 Å². The number of aryl methyl sites for hydroxylation is 1.